The molecule has 0 aliphatic carbocycles. The molecule has 0 bridgehead atoms. The first kappa shape index (κ1) is 11.6. The van der Waals surface area contributed by atoms with Crippen molar-refractivity contribution in [2.75, 3.05) is 0 Å². The van der Waals surface area contributed by atoms with Crippen LogP contribution in [0.25, 0.3) is 22.9 Å². The van der Waals surface area contributed by atoms with Crippen LogP contribution in [0.2, 0.25) is 0 Å². The molecule has 1 heterocycles. The van der Waals surface area contributed by atoms with Gasteiger partial charge in [0.05, 0.1) is 5.69 Å². The van der Waals surface area contributed by atoms with Crippen molar-refractivity contribution in [1.82, 2.24) is 4.98 Å². The molecule has 0 saturated carbocycles. The van der Waals surface area contributed by atoms with E-state index in [2.05, 4.69) is 55.8 Å². The lowest BCUT2D eigenvalue weighted by Crippen LogP contribution is -1.88. The lowest BCUT2D eigenvalue weighted by atomic mass is 10.0. The van der Waals surface area contributed by atoms with Crippen LogP contribution in [0, 0.1) is 6.92 Å². The summed E-state index contributed by atoms with van der Waals surface area (Å²) >= 11 is 0. The molecule has 2 aromatic rings. The first-order valence-electron chi connectivity index (χ1n) is 5.94. The molecule has 0 aliphatic rings. The predicted molar refractivity (Wildman–Crippen MR) is 75.9 cm³/mol. The van der Waals surface area contributed by atoms with Gasteiger partial charge in [-0.15, -0.1) is 0 Å². The molecule has 1 nitrogen and oxygen atoms in total. The van der Waals surface area contributed by atoms with E-state index in [0.717, 1.165) is 12.1 Å². The van der Waals surface area contributed by atoms with E-state index in [0.29, 0.717) is 0 Å². The minimum atomic E-state index is 0.956. The fraction of sp³-hybridized carbons (Fsp3) is 0.188. The summed E-state index contributed by atoms with van der Waals surface area (Å²) in [6.07, 6.45) is 9.06. The van der Waals surface area contributed by atoms with E-state index in [1.807, 2.05) is 12.3 Å². The van der Waals surface area contributed by atoms with E-state index in [1.165, 1.54) is 21.9 Å². The summed E-state index contributed by atoms with van der Waals surface area (Å²) in [5.41, 5.74) is 3.38. The SMILES string of the molecule is C=Cc1ncc(/C=C/CC)c2ccc(C)cc12. The molecule has 0 radical (unpaired) electrons. The van der Waals surface area contributed by atoms with Gasteiger partial charge in [-0.25, -0.2) is 0 Å². The van der Waals surface area contributed by atoms with Gasteiger partial charge < -0.3 is 0 Å². The Labute approximate surface area is 103 Å². The molecule has 1 aromatic carbocycles. The van der Waals surface area contributed by atoms with Crippen molar-refractivity contribution in [1.29, 1.82) is 0 Å². The third kappa shape index (κ3) is 2.28. The van der Waals surface area contributed by atoms with Gasteiger partial charge in [0.15, 0.2) is 0 Å². The maximum Gasteiger partial charge on any atom is 0.0702 e. The zero-order chi connectivity index (χ0) is 12.3. The number of aromatic nitrogens is 1. The molecule has 0 aliphatic heterocycles. The third-order valence-electron chi connectivity index (χ3n) is 2.83. The summed E-state index contributed by atoms with van der Waals surface area (Å²) in [5, 5.41) is 2.42. The van der Waals surface area contributed by atoms with Crippen LogP contribution in [-0.4, -0.2) is 4.98 Å². The lowest BCUT2D eigenvalue weighted by Gasteiger charge is -2.06. The topological polar surface area (TPSA) is 12.9 Å². The predicted octanol–water partition coefficient (Wildman–Crippen LogP) is 4.61. The molecular weight excluding hydrogens is 206 g/mol. The normalized spacial score (nSPS) is 11.2. The van der Waals surface area contributed by atoms with Crippen molar-refractivity contribution in [3.63, 3.8) is 0 Å². The highest BCUT2D eigenvalue weighted by Crippen LogP contribution is 2.24. The summed E-state index contributed by atoms with van der Waals surface area (Å²) in [7, 11) is 0. The number of hydrogen-bond donors (Lipinski definition) is 0. The molecule has 17 heavy (non-hydrogen) atoms. The first-order valence-corrected chi connectivity index (χ1v) is 5.94. The second-order valence-electron chi connectivity index (χ2n) is 4.16. The Balaban J connectivity index is 2.73. The van der Waals surface area contributed by atoms with E-state index in [9.17, 15) is 0 Å². The molecule has 2 rings (SSSR count). The standard InChI is InChI=1S/C16H17N/c1-4-6-7-13-11-17-16(5-2)15-10-12(3)8-9-14(13)15/h5-11H,2,4H2,1,3H3/b7-6+. The van der Waals surface area contributed by atoms with Gasteiger partial charge in [-0.05, 0) is 30.9 Å². The monoisotopic (exact) mass is 223 g/mol. The molecule has 0 spiro atoms. The van der Waals surface area contributed by atoms with Gasteiger partial charge >= 0.3 is 0 Å². The molecule has 1 heteroatoms. The quantitative estimate of drug-likeness (QED) is 0.740. The molecular formula is C16H17N. The molecule has 1 aromatic heterocycles. The Bertz CT molecular complexity index is 579. The third-order valence-corrected chi connectivity index (χ3v) is 2.83. The highest BCUT2D eigenvalue weighted by molar-refractivity contribution is 5.95. The Morgan fingerprint density at radius 2 is 2.12 bits per heavy atom. The maximum atomic E-state index is 4.45. The van der Waals surface area contributed by atoms with Gasteiger partial charge in [-0.2, -0.15) is 0 Å². The van der Waals surface area contributed by atoms with Crippen molar-refractivity contribution < 1.29 is 0 Å². The molecule has 0 atom stereocenters. The molecule has 0 fully saturated rings. The van der Waals surface area contributed by atoms with Gasteiger partial charge in [-0.1, -0.05) is 43.4 Å². The molecule has 0 amide bonds. The number of rotatable bonds is 3. The zero-order valence-electron chi connectivity index (χ0n) is 10.4. The first-order chi connectivity index (χ1) is 8.26. The Morgan fingerprint density at radius 1 is 1.29 bits per heavy atom. The van der Waals surface area contributed by atoms with Crippen molar-refractivity contribution >= 4 is 22.9 Å². The Hall–Kier alpha value is -1.89. The lowest BCUT2D eigenvalue weighted by molar-refractivity contribution is 1.23. The van der Waals surface area contributed by atoms with Gasteiger partial charge in [0.2, 0.25) is 0 Å². The van der Waals surface area contributed by atoms with Crippen LogP contribution in [0.1, 0.15) is 30.2 Å². The van der Waals surface area contributed by atoms with Crippen molar-refractivity contribution in [3.8, 4) is 0 Å². The molecule has 0 saturated heterocycles. The minimum absolute atomic E-state index is 0.956. The summed E-state index contributed by atoms with van der Waals surface area (Å²) in [6.45, 7) is 8.05. The summed E-state index contributed by atoms with van der Waals surface area (Å²) < 4.78 is 0. The van der Waals surface area contributed by atoms with E-state index < -0.39 is 0 Å². The van der Waals surface area contributed by atoms with Gasteiger partial charge in [-0.3, -0.25) is 4.98 Å². The molecule has 0 unspecified atom stereocenters. The maximum absolute atomic E-state index is 4.45. The summed E-state index contributed by atoms with van der Waals surface area (Å²) in [5.74, 6) is 0. The number of benzene rings is 1. The number of fused-ring (bicyclic) bond motifs is 1. The molecule has 86 valence electrons. The van der Waals surface area contributed by atoms with E-state index in [4.69, 9.17) is 0 Å². The van der Waals surface area contributed by atoms with Crippen LogP contribution in [0.3, 0.4) is 0 Å². The fourth-order valence-corrected chi connectivity index (χ4v) is 1.94. The number of hydrogen-bond acceptors (Lipinski definition) is 1. The number of pyridine rings is 1. The fourth-order valence-electron chi connectivity index (χ4n) is 1.94. The van der Waals surface area contributed by atoms with Crippen LogP contribution < -0.4 is 0 Å². The van der Waals surface area contributed by atoms with Crippen molar-refractivity contribution in [2.24, 2.45) is 0 Å². The highest BCUT2D eigenvalue weighted by Gasteiger charge is 2.03. The number of nitrogens with zero attached hydrogens (tertiary/aromatic N) is 1. The van der Waals surface area contributed by atoms with Crippen LogP contribution >= 0.6 is 0 Å². The summed E-state index contributed by atoms with van der Waals surface area (Å²) in [6, 6.07) is 6.47. The van der Waals surface area contributed by atoms with Gasteiger partial charge in [0.25, 0.3) is 0 Å². The van der Waals surface area contributed by atoms with E-state index in [-0.39, 0.29) is 0 Å². The summed E-state index contributed by atoms with van der Waals surface area (Å²) in [4.78, 5) is 4.45. The number of allylic oxidation sites excluding steroid dienone is 1. The van der Waals surface area contributed by atoms with Crippen molar-refractivity contribution in [2.45, 2.75) is 20.3 Å². The van der Waals surface area contributed by atoms with Crippen LogP contribution in [0.5, 0.6) is 0 Å². The minimum Gasteiger partial charge on any atom is -0.256 e. The van der Waals surface area contributed by atoms with Crippen LogP contribution in [0.4, 0.5) is 0 Å². The zero-order valence-corrected chi connectivity index (χ0v) is 10.4. The smallest absolute Gasteiger partial charge is 0.0702 e. The van der Waals surface area contributed by atoms with E-state index >= 15 is 0 Å². The highest BCUT2D eigenvalue weighted by atomic mass is 14.7. The van der Waals surface area contributed by atoms with Gasteiger partial charge in [0, 0.05) is 17.1 Å². The second-order valence-corrected chi connectivity index (χ2v) is 4.16. The average Bonchev–Trinajstić information content (AvgIpc) is 2.35. The van der Waals surface area contributed by atoms with E-state index in [1.54, 1.807) is 0 Å². The largest absolute Gasteiger partial charge is 0.256 e. The number of aryl methyl sites for hydroxylation is 1. The second kappa shape index (κ2) is 4.96. The average molecular weight is 223 g/mol. The molecule has 0 N–H and O–H groups in total. The van der Waals surface area contributed by atoms with Crippen LogP contribution in [-0.2, 0) is 0 Å². The van der Waals surface area contributed by atoms with Crippen LogP contribution in [0.15, 0.2) is 37.1 Å². The van der Waals surface area contributed by atoms with Gasteiger partial charge in [0.1, 0.15) is 0 Å². The Morgan fingerprint density at radius 3 is 2.82 bits per heavy atom. The van der Waals surface area contributed by atoms with Crippen molar-refractivity contribution in [3.05, 3.63) is 53.9 Å². The Kier molecular flexibility index (Phi) is 3.38.